The number of hydrogen-bond acceptors (Lipinski definition) is 5. The molecule has 0 atom stereocenters. The first-order valence-electron chi connectivity index (χ1n) is 7.02. The summed E-state index contributed by atoms with van der Waals surface area (Å²) >= 11 is 0. The van der Waals surface area contributed by atoms with Crippen LogP contribution in [0, 0.1) is 0 Å². The van der Waals surface area contributed by atoms with E-state index < -0.39 is 11.8 Å². The van der Waals surface area contributed by atoms with Crippen molar-refractivity contribution in [2.45, 2.75) is 6.42 Å². The molecule has 116 valence electrons. The molecule has 0 spiro atoms. The second kappa shape index (κ2) is 5.24. The Morgan fingerprint density at radius 1 is 1.09 bits per heavy atom. The van der Waals surface area contributed by atoms with Gasteiger partial charge in [0, 0.05) is 30.4 Å². The van der Waals surface area contributed by atoms with Crippen molar-refractivity contribution in [3.8, 4) is 0 Å². The summed E-state index contributed by atoms with van der Waals surface area (Å²) in [5, 5.41) is 0. The van der Waals surface area contributed by atoms with Crippen LogP contribution in [0.1, 0.15) is 36.6 Å². The standard InChI is InChI=1S/C17H15N3O3/c1-20-16(22)12-5-9(6-13(19)15(12)17(20)23)7-14(21)10-3-2-4-11(18)8-10/h2-6,8H,7,18-19H2,1H3. The number of nitrogens with two attached hydrogens (primary N) is 2. The van der Waals surface area contributed by atoms with Gasteiger partial charge in [-0.05, 0) is 29.8 Å². The molecule has 6 heteroatoms. The Morgan fingerprint density at radius 3 is 2.52 bits per heavy atom. The van der Waals surface area contributed by atoms with Crippen LogP contribution >= 0.6 is 0 Å². The van der Waals surface area contributed by atoms with Crippen molar-refractivity contribution in [2.24, 2.45) is 0 Å². The quantitative estimate of drug-likeness (QED) is 0.507. The lowest BCUT2D eigenvalue weighted by atomic mass is 9.98. The fraction of sp³-hybridized carbons (Fsp3) is 0.118. The van der Waals surface area contributed by atoms with E-state index >= 15 is 0 Å². The van der Waals surface area contributed by atoms with Crippen molar-refractivity contribution in [3.05, 3.63) is 58.7 Å². The molecule has 23 heavy (non-hydrogen) atoms. The van der Waals surface area contributed by atoms with Crippen LogP contribution in [0.2, 0.25) is 0 Å². The lowest BCUT2D eigenvalue weighted by molar-refractivity contribution is 0.0693. The summed E-state index contributed by atoms with van der Waals surface area (Å²) in [6.45, 7) is 0. The smallest absolute Gasteiger partial charge is 0.263 e. The molecule has 2 amide bonds. The summed E-state index contributed by atoms with van der Waals surface area (Å²) in [4.78, 5) is 37.4. The van der Waals surface area contributed by atoms with E-state index in [0.29, 0.717) is 16.8 Å². The molecule has 0 saturated carbocycles. The Hall–Kier alpha value is -3.15. The van der Waals surface area contributed by atoms with E-state index in [4.69, 9.17) is 11.5 Å². The van der Waals surface area contributed by atoms with Gasteiger partial charge in [-0.3, -0.25) is 19.3 Å². The predicted octanol–water partition coefficient (Wildman–Crippen LogP) is 1.50. The minimum atomic E-state index is -0.420. The third-order valence-corrected chi connectivity index (χ3v) is 3.86. The van der Waals surface area contributed by atoms with Gasteiger partial charge in [0.25, 0.3) is 11.8 Å². The van der Waals surface area contributed by atoms with Crippen molar-refractivity contribution in [2.75, 3.05) is 18.5 Å². The zero-order valence-corrected chi connectivity index (χ0v) is 12.5. The molecule has 4 N–H and O–H groups in total. The number of ketones is 1. The molecule has 2 aromatic rings. The molecule has 0 saturated heterocycles. The lowest BCUT2D eigenvalue weighted by Crippen LogP contribution is -2.24. The highest BCUT2D eigenvalue weighted by Gasteiger charge is 2.35. The van der Waals surface area contributed by atoms with Gasteiger partial charge in [-0.2, -0.15) is 0 Å². The predicted molar refractivity (Wildman–Crippen MR) is 86.2 cm³/mol. The van der Waals surface area contributed by atoms with Gasteiger partial charge in [0.05, 0.1) is 11.1 Å². The summed E-state index contributed by atoms with van der Waals surface area (Å²) in [7, 11) is 1.40. The maximum absolute atomic E-state index is 12.3. The first kappa shape index (κ1) is 14.8. The average molecular weight is 309 g/mol. The maximum Gasteiger partial charge on any atom is 0.263 e. The van der Waals surface area contributed by atoms with E-state index in [-0.39, 0.29) is 29.0 Å². The summed E-state index contributed by atoms with van der Waals surface area (Å²) < 4.78 is 0. The molecule has 0 unspecified atom stereocenters. The number of anilines is 2. The van der Waals surface area contributed by atoms with E-state index in [1.54, 1.807) is 36.4 Å². The number of imide groups is 1. The number of hydrogen-bond donors (Lipinski definition) is 2. The third kappa shape index (κ3) is 2.44. The molecule has 0 aromatic heterocycles. The van der Waals surface area contributed by atoms with E-state index in [9.17, 15) is 14.4 Å². The fourth-order valence-corrected chi connectivity index (χ4v) is 2.68. The highest BCUT2D eigenvalue weighted by atomic mass is 16.2. The first-order valence-corrected chi connectivity index (χ1v) is 7.02. The van der Waals surface area contributed by atoms with Gasteiger partial charge < -0.3 is 11.5 Å². The summed E-state index contributed by atoms with van der Waals surface area (Å²) in [6, 6.07) is 9.80. The van der Waals surface area contributed by atoms with Crippen LogP contribution in [0.25, 0.3) is 0 Å². The van der Waals surface area contributed by atoms with E-state index in [0.717, 1.165) is 4.90 Å². The van der Waals surface area contributed by atoms with Gasteiger partial charge in [-0.15, -0.1) is 0 Å². The van der Waals surface area contributed by atoms with Gasteiger partial charge in [0.1, 0.15) is 0 Å². The molecule has 0 aliphatic carbocycles. The number of nitrogens with zero attached hydrogens (tertiary/aromatic N) is 1. The number of benzene rings is 2. The van der Waals surface area contributed by atoms with Gasteiger partial charge >= 0.3 is 0 Å². The number of Topliss-reactive ketones (excluding diaryl/α,β-unsaturated/α-hetero) is 1. The molecule has 1 aliphatic rings. The fourth-order valence-electron chi connectivity index (χ4n) is 2.68. The zero-order valence-electron chi connectivity index (χ0n) is 12.5. The van der Waals surface area contributed by atoms with Crippen LogP contribution in [0.15, 0.2) is 36.4 Å². The summed E-state index contributed by atoms with van der Waals surface area (Å²) in [5.41, 5.74) is 13.8. The molecule has 0 radical (unpaired) electrons. The van der Waals surface area contributed by atoms with E-state index in [1.807, 2.05) is 0 Å². The normalized spacial score (nSPS) is 13.3. The van der Waals surface area contributed by atoms with Crippen LogP contribution < -0.4 is 11.5 Å². The SMILES string of the molecule is CN1C(=O)c2cc(CC(=O)c3cccc(N)c3)cc(N)c2C1=O. The van der Waals surface area contributed by atoms with Crippen molar-refractivity contribution >= 4 is 29.0 Å². The molecule has 0 bridgehead atoms. The number of carbonyl (C=O) groups is 3. The van der Waals surface area contributed by atoms with Gasteiger partial charge in [0.2, 0.25) is 0 Å². The molecule has 1 heterocycles. The highest BCUT2D eigenvalue weighted by molar-refractivity contribution is 6.23. The molecule has 2 aromatic carbocycles. The Balaban J connectivity index is 1.94. The number of carbonyl (C=O) groups excluding carboxylic acids is 3. The first-order chi connectivity index (χ1) is 10.9. The van der Waals surface area contributed by atoms with Crippen LogP contribution in [-0.2, 0) is 6.42 Å². The monoisotopic (exact) mass is 309 g/mol. The minimum absolute atomic E-state index is 0.0755. The number of fused-ring (bicyclic) bond motifs is 1. The van der Waals surface area contributed by atoms with Crippen LogP contribution in [0.3, 0.4) is 0 Å². The highest BCUT2D eigenvalue weighted by Crippen LogP contribution is 2.29. The van der Waals surface area contributed by atoms with Gasteiger partial charge in [0.15, 0.2) is 5.78 Å². The maximum atomic E-state index is 12.3. The van der Waals surface area contributed by atoms with Crippen molar-refractivity contribution in [1.82, 2.24) is 4.90 Å². The summed E-state index contributed by atoms with van der Waals surface area (Å²) in [6.07, 6.45) is 0.0755. The Kier molecular flexibility index (Phi) is 3.37. The van der Waals surface area contributed by atoms with Crippen LogP contribution in [-0.4, -0.2) is 29.5 Å². The summed E-state index contributed by atoms with van der Waals surface area (Å²) in [5.74, 6) is -0.965. The topological polar surface area (TPSA) is 106 Å². The average Bonchev–Trinajstić information content (AvgIpc) is 2.72. The largest absolute Gasteiger partial charge is 0.399 e. The molecule has 6 nitrogen and oxygen atoms in total. The molecular formula is C17H15N3O3. The van der Waals surface area contributed by atoms with E-state index in [2.05, 4.69) is 0 Å². The minimum Gasteiger partial charge on any atom is -0.399 e. The third-order valence-electron chi connectivity index (χ3n) is 3.86. The van der Waals surface area contributed by atoms with E-state index in [1.165, 1.54) is 7.05 Å². The van der Waals surface area contributed by atoms with Gasteiger partial charge in [-0.1, -0.05) is 12.1 Å². The molecule has 0 fully saturated rings. The lowest BCUT2D eigenvalue weighted by Gasteiger charge is -2.06. The van der Waals surface area contributed by atoms with Crippen molar-refractivity contribution in [1.29, 1.82) is 0 Å². The second-order valence-corrected chi connectivity index (χ2v) is 5.50. The second-order valence-electron chi connectivity index (χ2n) is 5.50. The zero-order chi connectivity index (χ0) is 16.7. The van der Waals surface area contributed by atoms with Crippen molar-refractivity contribution < 1.29 is 14.4 Å². The molecule has 1 aliphatic heterocycles. The molecular weight excluding hydrogens is 294 g/mol. The van der Waals surface area contributed by atoms with Gasteiger partial charge in [-0.25, -0.2) is 0 Å². The Labute approximate surface area is 132 Å². The number of nitrogen functional groups attached to an aromatic ring is 2. The van der Waals surface area contributed by atoms with Crippen LogP contribution in [0.5, 0.6) is 0 Å². The molecule has 3 rings (SSSR count). The number of amides is 2. The van der Waals surface area contributed by atoms with Crippen molar-refractivity contribution in [3.63, 3.8) is 0 Å². The Bertz CT molecular complexity index is 858. The van der Waals surface area contributed by atoms with Crippen LogP contribution in [0.4, 0.5) is 11.4 Å². The Morgan fingerprint density at radius 2 is 1.83 bits per heavy atom. The number of rotatable bonds is 3.